The van der Waals surface area contributed by atoms with Crippen molar-refractivity contribution in [3.63, 3.8) is 0 Å². The molecule has 0 amide bonds. The Kier molecular flexibility index (Phi) is 3.56. The van der Waals surface area contributed by atoms with E-state index in [1.165, 1.54) is 18.4 Å². The van der Waals surface area contributed by atoms with Gasteiger partial charge in [0.2, 0.25) is 0 Å². The molecular formula is C16H18N4OS. The molecule has 0 aliphatic carbocycles. The molecule has 1 unspecified atom stereocenters. The predicted molar refractivity (Wildman–Crippen MR) is 87.3 cm³/mol. The van der Waals surface area contributed by atoms with Gasteiger partial charge in [-0.15, -0.1) is 5.10 Å². The fourth-order valence-electron chi connectivity index (χ4n) is 3.27. The summed E-state index contributed by atoms with van der Waals surface area (Å²) in [5, 5.41) is 8.78. The van der Waals surface area contributed by atoms with E-state index in [1.807, 2.05) is 18.2 Å². The lowest BCUT2D eigenvalue weighted by molar-refractivity contribution is 0.242. The van der Waals surface area contributed by atoms with Gasteiger partial charge in [-0.1, -0.05) is 6.07 Å². The molecule has 0 aromatic carbocycles. The summed E-state index contributed by atoms with van der Waals surface area (Å²) in [6.45, 7) is 2.61. The smallest absolute Gasteiger partial charge is 0.294 e. The van der Waals surface area contributed by atoms with Crippen LogP contribution in [-0.2, 0) is 6.54 Å². The maximum Gasteiger partial charge on any atom is 0.350 e. The van der Waals surface area contributed by atoms with Crippen LogP contribution in [0.5, 0.6) is 0 Å². The van der Waals surface area contributed by atoms with Crippen molar-refractivity contribution in [1.82, 2.24) is 19.1 Å². The number of rotatable bonds is 4. The molecule has 5 nitrogen and oxygen atoms in total. The van der Waals surface area contributed by atoms with Crippen LogP contribution in [0.4, 0.5) is 0 Å². The highest BCUT2D eigenvalue weighted by atomic mass is 32.1. The maximum absolute atomic E-state index is 12.3. The summed E-state index contributed by atoms with van der Waals surface area (Å²) in [5.74, 6) is 0. The third-order valence-electron chi connectivity index (χ3n) is 4.38. The fraction of sp³-hybridized carbons (Fsp3) is 0.375. The summed E-state index contributed by atoms with van der Waals surface area (Å²) in [7, 11) is 0. The van der Waals surface area contributed by atoms with Crippen molar-refractivity contribution in [3.8, 4) is 0 Å². The lowest BCUT2D eigenvalue weighted by Crippen LogP contribution is -2.31. The van der Waals surface area contributed by atoms with Crippen molar-refractivity contribution in [2.24, 2.45) is 0 Å². The maximum atomic E-state index is 12.3. The van der Waals surface area contributed by atoms with Crippen molar-refractivity contribution in [2.45, 2.75) is 25.4 Å². The van der Waals surface area contributed by atoms with Crippen LogP contribution in [0.2, 0.25) is 0 Å². The summed E-state index contributed by atoms with van der Waals surface area (Å²) in [5.41, 5.74) is 2.06. The first-order chi connectivity index (χ1) is 10.8. The van der Waals surface area contributed by atoms with Gasteiger partial charge in [0.1, 0.15) is 0 Å². The Morgan fingerprint density at radius 1 is 1.27 bits per heavy atom. The van der Waals surface area contributed by atoms with Crippen LogP contribution in [0.25, 0.3) is 5.65 Å². The average Bonchev–Trinajstić information content (AvgIpc) is 3.25. The van der Waals surface area contributed by atoms with Gasteiger partial charge < -0.3 is 0 Å². The number of hydrogen-bond donors (Lipinski definition) is 0. The highest BCUT2D eigenvalue weighted by Gasteiger charge is 2.26. The van der Waals surface area contributed by atoms with E-state index in [9.17, 15) is 4.79 Å². The molecule has 1 aliphatic heterocycles. The van der Waals surface area contributed by atoms with Crippen molar-refractivity contribution < 1.29 is 0 Å². The number of thiophene rings is 1. The Morgan fingerprint density at radius 3 is 3.05 bits per heavy atom. The molecule has 0 saturated carbocycles. The first-order valence-electron chi connectivity index (χ1n) is 7.63. The van der Waals surface area contributed by atoms with Crippen molar-refractivity contribution >= 4 is 17.0 Å². The van der Waals surface area contributed by atoms with Crippen molar-refractivity contribution in [3.05, 3.63) is 57.3 Å². The lowest BCUT2D eigenvalue weighted by atomic mass is 10.1. The predicted octanol–water partition coefficient (Wildman–Crippen LogP) is 2.39. The molecule has 1 atom stereocenters. The summed E-state index contributed by atoms with van der Waals surface area (Å²) >= 11 is 1.75. The van der Waals surface area contributed by atoms with Gasteiger partial charge in [0.15, 0.2) is 5.65 Å². The van der Waals surface area contributed by atoms with Gasteiger partial charge in [-0.05, 0) is 53.9 Å². The molecule has 0 radical (unpaired) electrons. The summed E-state index contributed by atoms with van der Waals surface area (Å²) in [4.78, 5) is 14.8. The quantitative estimate of drug-likeness (QED) is 0.742. The molecule has 3 aromatic heterocycles. The molecule has 1 saturated heterocycles. The first-order valence-corrected chi connectivity index (χ1v) is 8.57. The topological polar surface area (TPSA) is 42.5 Å². The Balaban J connectivity index is 1.52. The standard InChI is InChI=1S/C16H18N4OS/c21-16-19-8-2-1-5-15(19)17-20(16)10-9-18-7-3-4-14(18)13-6-11-22-12-13/h1-2,5-6,8,11-12,14H,3-4,7,9-10H2. The average molecular weight is 314 g/mol. The van der Waals surface area contributed by atoms with E-state index in [0.717, 1.165) is 13.1 Å². The van der Waals surface area contributed by atoms with E-state index in [2.05, 4.69) is 26.8 Å². The fourth-order valence-corrected chi connectivity index (χ4v) is 3.98. The molecule has 22 heavy (non-hydrogen) atoms. The number of nitrogens with zero attached hydrogens (tertiary/aromatic N) is 4. The highest BCUT2D eigenvalue weighted by molar-refractivity contribution is 7.07. The second-order valence-electron chi connectivity index (χ2n) is 5.69. The Hall–Kier alpha value is -1.92. The molecule has 114 valence electrons. The van der Waals surface area contributed by atoms with Crippen LogP contribution >= 0.6 is 11.3 Å². The van der Waals surface area contributed by atoms with Crippen LogP contribution in [-0.4, -0.2) is 32.2 Å². The number of hydrogen-bond acceptors (Lipinski definition) is 4. The van der Waals surface area contributed by atoms with Gasteiger partial charge in [-0.2, -0.15) is 11.3 Å². The zero-order chi connectivity index (χ0) is 14.9. The summed E-state index contributed by atoms with van der Waals surface area (Å²) in [6.07, 6.45) is 4.20. The van der Waals surface area contributed by atoms with Gasteiger partial charge in [0, 0.05) is 18.8 Å². The molecule has 3 aromatic rings. The zero-order valence-corrected chi connectivity index (χ0v) is 13.1. The molecule has 4 heterocycles. The SMILES string of the molecule is O=c1n(CCN2CCCC2c2ccsc2)nc2ccccn12. The van der Waals surface area contributed by atoms with Gasteiger partial charge >= 0.3 is 5.69 Å². The minimum Gasteiger partial charge on any atom is -0.294 e. The summed E-state index contributed by atoms with van der Waals surface area (Å²) in [6, 6.07) is 8.33. The zero-order valence-electron chi connectivity index (χ0n) is 12.3. The number of likely N-dealkylation sites (tertiary alicyclic amines) is 1. The van der Waals surface area contributed by atoms with Crippen LogP contribution in [0, 0.1) is 0 Å². The second-order valence-corrected chi connectivity index (χ2v) is 6.47. The molecule has 1 aliphatic rings. The third kappa shape index (κ3) is 2.38. The third-order valence-corrected chi connectivity index (χ3v) is 5.08. The molecule has 0 N–H and O–H groups in total. The van der Waals surface area contributed by atoms with E-state index in [-0.39, 0.29) is 5.69 Å². The van der Waals surface area contributed by atoms with Crippen molar-refractivity contribution in [2.75, 3.05) is 13.1 Å². The van der Waals surface area contributed by atoms with Crippen LogP contribution in [0.1, 0.15) is 24.4 Å². The first kappa shape index (κ1) is 13.7. The second kappa shape index (κ2) is 5.70. The summed E-state index contributed by atoms with van der Waals surface area (Å²) < 4.78 is 3.18. The normalized spacial score (nSPS) is 19.2. The van der Waals surface area contributed by atoms with Crippen LogP contribution in [0.15, 0.2) is 46.0 Å². The van der Waals surface area contributed by atoms with Gasteiger partial charge in [-0.3, -0.25) is 9.30 Å². The minimum absolute atomic E-state index is 0.0538. The Labute approximate surface area is 132 Å². The van der Waals surface area contributed by atoms with E-state index in [1.54, 1.807) is 26.6 Å². The molecule has 4 rings (SSSR count). The van der Waals surface area contributed by atoms with Crippen LogP contribution in [0.3, 0.4) is 0 Å². The Bertz CT molecular complexity index is 820. The van der Waals surface area contributed by atoms with Gasteiger partial charge in [0.05, 0.1) is 6.54 Å². The number of aromatic nitrogens is 3. The van der Waals surface area contributed by atoms with Gasteiger partial charge in [-0.25, -0.2) is 9.48 Å². The van der Waals surface area contributed by atoms with E-state index >= 15 is 0 Å². The molecule has 1 fully saturated rings. The molecular weight excluding hydrogens is 296 g/mol. The minimum atomic E-state index is -0.0538. The van der Waals surface area contributed by atoms with Crippen molar-refractivity contribution in [1.29, 1.82) is 0 Å². The molecule has 0 spiro atoms. The number of pyridine rings is 1. The number of fused-ring (bicyclic) bond motifs is 1. The van der Waals surface area contributed by atoms with E-state index < -0.39 is 0 Å². The lowest BCUT2D eigenvalue weighted by Gasteiger charge is -2.23. The highest BCUT2D eigenvalue weighted by Crippen LogP contribution is 2.32. The molecule has 0 bridgehead atoms. The monoisotopic (exact) mass is 314 g/mol. The van der Waals surface area contributed by atoms with Crippen LogP contribution < -0.4 is 5.69 Å². The van der Waals surface area contributed by atoms with E-state index in [4.69, 9.17) is 0 Å². The molecule has 6 heteroatoms. The Morgan fingerprint density at radius 2 is 2.23 bits per heavy atom. The largest absolute Gasteiger partial charge is 0.350 e. The van der Waals surface area contributed by atoms with E-state index in [0.29, 0.717) is 18.2 Å². The van der Waals surface area contributed by atoms with Gasteiger partial charge in [0.25, 0.3) is 0 Å².